The highest BCUT2D eigenvalue weighted by Gasteiger charge is 2.08. The molecule has 5 nitrogen and oxygen atoms in total. The maximum Gasteiger partial charge on any atom is 0.145 e. The number of rotatable bonds is 7. The van der Waals surface area contributed by atoms with E-state index in [1.165, 1.54) is 0 Å². The van der Waals surface area contributed by atoms with Crippen LogP contribution in [0.2, 0.25) is 0 Å². The van der Waals surface area contributed by atoms with E-state index in [0.717, 1.165) is 17.1 Å². The van der Waals surface area contributed by atoms with E-state index in [1.807, 2.05) is 79.7 Å². The van der Waals surface area contributed by atoms with Crippen molar-refractivity contribution in [2.75, 3.05) is 7.11 Å². The number of nitriles is 1. The van der Waals surface area contributed by atoms with Gasteiger partial charge in [-0.3, -0.25) is 0 Å². The predicted octanol–water partition coefficient (Wildman–Crippen LogP) is 7.25. The first-order chi connectivity index (χ1) is 15.6. The second kappa shape index (κ2) is 9.59. The molecule has 0 amide bonds. The van der Waals surface area contributed by atoms with Crippen LogP contribution < -0.4 is 18.9 Å². The highest BCUT2D eigenvalue weighted by molar-refractivity contribution is 5.50. The fourth-order valence-corrected chi connectivity index (χ4v) is 3.06. The summed E-state index contributed by atoms with van der Waals surface area (Å²) < 4.78 is 22.8. The van der Waals surface area contributed by atoms with E-state index < -0.39 is 0 Å². The molecule has 0 aliphatic rings. The standard InChI is InChI=1S/C27H21NO4/c1-19-4-3-5-27(26(19)18-28)32-25-16-14-24(15-17-25)31-23-12-10-22(11-13-23)30-21-8-6-20(29-2)7-9-21/h3-17H,1-2H3. The molecule has 0 bridgehead atoms. The van der Waals surface area contributed by atoms with Gasteiger partial charge in [0.05, 0.1) is 12.7 Å². The molecule has 5 heteroatoms. The van der Waals surface area contributed by atoms with Crippen molar-refractivity contribution in [2.45, 2.75) is 6.92 Å². The summed E-state index contributed by atoms with van der Waals surface area (Å²) in [6.45, 7) is 1.88. The molecule has 0 spiro atoms. The molecule has 0 aliphatic heterocycles. The number of nitrogens with zero attached hydrogens (tertiary/aromatic N) is 1. The molecule has 32 heavy (non-hydrogen) atoms. The van der Waals surface area contributed by atoms with Gasteiger partial charge in [0.15, 0.2) is 0 Å². The topological polar surface area (TPSA) is 60.7 Å². The average Bonchev–Trinajstić information content (AvgIpc) is 2.82. The third kappa shape index (κ3) is 5.00. The predicted molar refractivity (Wildman–Crippen MR) is 122 cm³/mol. The van der Waals surface area contributed by atoms with Crippen LogP contribution in [0.5, 0.6) is 40.2 Å². The lowest BCUT2D eigenvalue weighted by Crippen LogP contribution is -1.91. The molecule has 0 atom stereocenters. The molecule has 0 aliphatic carbocycles. The zero-order chi connectivity index (χ0) is 22.3. The average molecular weight is 423 g/mol. The Bertz CT molecular complexity index is 1220. The highest BCUT2D eigenvalue weighted by atomic mass is 16.5. The molecule has 0 heterocycles. The normalized spacial score (nSPS) is 10.2. The first-order valence-corrected chi connectivity index (χ1v) is 10.0. The summed E-state index contributed by atoms with van der Waals surface area (Å²) in [5, 5.41) is 9.34. The Labute approximate surface area is 187 Å². The number of ether oxygens (including phenoxy) is 4. The Kier molecular flexibility index (Phi) is 6.24. The Morgan fingerprint density at radius 1 is 0.562 bits per heavy atom. The summed E-state index contributed by atoms with van der Waals surface area (Å²) in [5.74, 6) is 4.73. The number of methoxy groups -OCH3 is 1. The second-order valence-electron chi connectivity index (χ2n) is 6.98. The summed E-state index contributed by atoms with van der Waals surface area (Å²) in [7, 11) is 1.63. The van der Waals surface area contributed by atoms with Crippen LogP contribution in [0.4, 0.5) is 0 Å². The van der Waals surface area contributed by atoms with Crippen molar-refractivity contribution in [3.63, 3.8) is 0 Å². The first kappa shape index (κ1) is 20.8. The Hall–Kier alpha value is -4.43. The maximum absolute atomic E-state index is 9.34. The van der Waals surface area contributed by atoms with Gasteiger partial charge in [-0.25, -0.2) is 0 Å². The van der Waals surface area contributed by atoms with E-state index >= 15 is 0 Å². The van der Waals surface area contributed by atoms with Crippen molar-refractivity contribution in [1.82, 2.24) is 0 Å². The lowest BCUT2D eigenvalue weighted by atomic mass is 10.1. The lowest BCUT2D eigenvalue weighted by Gasteiger charge is -2.11. The summed E-state index contributed by atoms with van der Waals surface area (Å²) >= 11 is 0. The van der Waals surface area contributed by atoms with Gasteiger partial charge in [0, 0.05) is 0 Å². The molecular weight excluding hydrogens is 402 g/mol. The van der Waals surface area contributed by atoms with Gasteiger partial charge in [0.1, 0.15) is 46.3 Å². The van der Waals surface area contributed by atoms with Crippen molar-refractivity contribution >= 4 is 0 Å². The van der Waals surface area contributed by atoms with Crippen LogP contribution in [0, 0.1) is 18.3 Å². The summed E-state index contributed by atoms with van der Waals surface area (Å²) in [6, 6.07) is 29.7. The maximum atomic E-state index is 9.34. The van der Waals surface area contributed by atoms with Gasteiger partial charge >= 0.3 is 0 Å². The van der Waals surface area contributed by atoms with Gasteiger partial charge in [0.2, 0.25) is 0 Å². The molecule has 0 saturated heterocycles. The van der Waals surface area contributed by atoms with Crippen LogP contribution in [0.1, 0.15) is 11.1 Å². The van der Waals surface area contributed by atoms with Gasteiger partial charge < -0.3 is 18.9 Å². The first-order valence-electron chi connectivity index (χ1n) is 10.0. The van der Waals surface area contributed by atoms with Crippen molar-refractivity contribution in [3.05, 3.63) is 102 Å². The largest absolute Gasteiger partial charge is 0.497 e. The van der Waals surface area contributed by atoms with Crippen molar-refractivity contribution in [1.29, 1.82) is 5.26 Å². The van der Waals surface area contributed by atoms with Gasteiger partial charge in [-0.2, -0.15) is 5.26 Å². The summed E-state index contributed by atoms with van der Waals surface area (Å²) in [6.07, 6.45) is 0. The summed E-state index contributed by atoms with van der Waals surface area (Å²) in [5.41, 5.74) is 1.41. The monoisotopic (exact) mass is 423 g/mol. The molecule has 4 aromatic rings. The van der Waals surface area contributed by atoms with E-state index in [0.29, 0.717) is 34.3 Å². The van der Waals surface area contributed by atoms with Crippen LogP contribution in [0.15, 0.2) is 91.0 Å². The molecule has 0 unspecified atom stereocenters. The third-order valence-corrected chi connectivity index (χ3v) is 4.75. The van der Waals surface area contributed by atoms with Crippen LogP contribution in [0.25, 0.3) is 0 Å². The van der Waals surface area contributed by atoms with Crippen molar-refractivity contribution in [3.8, 4) is 46.3 Å². The van der Waals surface area contributed by atoms with Crippen LogP contribution in [0.3, 0.4) is 0 Å². The minimum Gasteiger partial charge on any atom is -0.497 e. The fraction of sp³-hybridized carbons (Fsp3) is 0.0741. The number of hydrogen-bond donors (Lipinski definition) is 0. The molecule has 4 rings (SSSR count). The Morgan fingerprint density at radius 2 is 0.969 bits per heavy atom. The Morgan fingerprint density at radius 3 is 1.38 bits per heavy atom. The molecule has 0 fully saturated rings. The Balaban J connectivity index is 1.38. The zero-order valence-electron chi connectivity index (χ0n) is 17.7. The van der Waals surface area contributed by atoms with Crippen LogP contribution in [-0.2, 0) is 0 Å². The minimum atomic E-state index is 0.532. The lowest BCUT2D eigenvalue weighted by molar-refractivity contribution is 0.413. The van der Waals surface area contributed by atoms with Gasteiger partial charge in [-0.1, -0.05) is 12.1 Å². The number of hydrogen-bond acceptors (Lipinski definition) is 5. The van der Waals surface area contributed by atoms with Crippen LogP contribution in [-0.4, -0.2) is 7.11 Å². The zero-order valence-corrected chi connectivity index (χ0v) is 17.7. The molecule has 0 radical (unpaired) electrons. The molecule has 0 N–H and O–H groups in total. The fourth-order valence-electron chi connectivity index (χ4n) is 3.06. The van der Waals surface area contributed by atoms with E-state index in [9.17, 15) is 5.26 Å². The molecular formula is C27H21NO4. The van der Waals surface area contributed by atoms with Gasteiger partial charge in [-0.05, 0) is 91.3 Å². The molecule has 158 valence electrons. The van der Waals surface area contributed by atoms with E-state index in [1.54, 1.807) is 25.3 Å². The SMILES string of the molecule is COc1ccc(Oc2ccc(Oc3ccc(Oc4cccc(C)c4C#N)cc3)cc2)cc1. The van der Waals surface area contributed by atoms with E-state index in [-0.39, 0.29) is 0 Å². The number of benzene rings is 4. The smallest absolute Gasteiger partial charge is 0.145 e. The van der Waals surface area contributed by atoms with E-state index in [4.69, 9.17) is 18.9 Å². The minimum absolute atomic E-state index is 0.532. The van der Waals surface area contributed by atoms with Gasteiger partial charge in [-0.15, -0.1) is 0 Å². The van der Waals surface area contributed by atoms with E-state index in [2.05, 4.69) is 6.07 Å². The third-order valence-electron chi connectivity index (χ3n) is 4.75. The number of aryl methyl sites for hydroxylation is 1. The molecule has 0 saturated carbocycles. The molecule has 4 aromatic carbocycles. The summed E-state index contributed by atoms with van der Waals surface area (Å²) in [4.78, 5) is 0. The highest BCUT2D eigenvalue weighted by Crippen LogP contribution is 2.31. The quantitative estimate of drug-likeness (QED) is 0.313. The van der Waals surface area contributed by atoms with Crippen molar-refractivity contribution in [2.24, 2.45) is 0 Å². The van der Waals surface area contributed by atoms with Crippen molar-refractivity contribution < 1.29 is 18.9 Å². The van der Waals surface area contributed by atoms with Gasteiger partial charge in [0.25, 0.3) is 0 Å². The second-order valence-corrected chi connectivity index (χ2v) is 6.98. The van der Waals surface area contributed by atoms with Crippen LogP contribution >= 0.6 is 0 Å². The molecule has 0 aromatic heterocycles.